The summed E-state index contributed by atoms with van der Waals surface area (Å²) in [6.07, 6.45) is 0.912. The van der Waals surface area contributed by atoms with E-state index in [0.29, 0.717) is 19.0 Å². The summed E-state index contributed by atoms with van der Waals surface area (Å²) in [6, 6.07) is 6.55. The summed E-state index contributed by atoms with van der Waals surface area (Å²) in [4.78, 5) is 4.38. The minimum absolute atomic E-state index is 0.0882. The quantitative estimate of drug-likeness (QED) is 0.355. The van der Waals surface area contributed by atoms with Crippen LogP contribution in [0.25, 0.3) is 0 Å². The van der Waals surface area contributed by atoms with Gasteiger partial charge >= 0.3 is 0 Å². The van der Waals surface area contributed by atoms with E-state index in [2.05, 4.69) is 52.4 Å². The number of aryl methyl sites for hydroxylation is 2. The van der Waals surface area contributed by atoms with Gasteiger partial charge in [-0.3, -0.25) is 4.99 Å². The van der Waals surface area contributed by atoms with Crippen molar-refractivity contribution in [2.75, 3.05) is 31.9 Å². The zero-order chi connectivity index (χ0) is 18.0. The van der Waals surface area contributed by atoms with E-state index < -0.39 is 10.0 Å². The zero-order valence-corrected chi connectivity index (χ0v) is 16.0. The highest BCUT2D eigenvalue weighted by molar-refractivity contribution is 7.89. The predicted octanol–water partition coefficient (Wildman–Crippen LogP) is 1.34. The maximum absolute atomic E-state index is 11.4. The first-order valence-electron chi connectivity index (χ1n) is 8.43. The molecule has 0 atom stereocenters. The minimum atomic E-state index is -3.15. The van der Waals surface area contributed by atoms with Crippen LogP contribution < -0.4 is 15.4 Å². The van der Waals surface area contributed by atoms with Crippen LogP contribution in [0.3, 0.4) is 0 Å². The van der Waals surface area contributed by atoms with Crippen molar-refractivity contribution in [2.24, 2.45) is 4.99 Å². The molecule has 0 spiro atoms. The highest BCUT2D eigenvalue weighted by Gasteiger charge is 2.04. The zero-order valence-electron chi connectivity index (χ0n) is 15.1. The average molecular weight is 355 g/mol. The second-order valence-corrected chi connectivity index (χ2v) is 7.83. The van der Waals surface area contributed by atoms with Crippen LogP contribution in [-0.2, 0) is 16.4 Å². The molecule has 0 bridgehead atoms. The normalized spacial score (nSPS) is 12.2. The molecule has 0 aliphatic heterocycles. The minimum Gasteiger partial charge on any atom is -0.357 e. The molecule has 0 fully saturated rings. The molecule has 0 saturated carbocycles. The van der Waals surface area contributed by atoms with Crippen molar-refractivity contribution in [1.82, 2.24) is 15.4 Å². The number of nitrogens with zero attached hydrogens (tertiary/aromatic N) is 1. The first kappa shape index (κ1) is 20.4. The Morgan fingerprint density at radius 3 is 2.29 bits per heavy atom. The van der Waals surface area contributed by atoms with E-state index in [1.54, 1.807) is 6.92 Å². The van der Waals surface area contributed by atoms with Crippen LogP contribution >= 0.6 is 0 Å². The van der Waals surface area contributed by atoms with Crippen LogP contribution in [0.15, 0.2) is 23.2 Å². The van der Waals surface area contributed by atoms with Crippen LogP contribution in [0.5, 0.6) is 0 Å². The Hall–Kier alpha value is -1.60. The van der Waals surface area contributed by atoms with Gasteiger partial charge in [0.1, 0.15) is 0 Å². The lowest BCUT2D eigenvalue weighted by molar-refractivity contribution is 0.583. The molecule has 1 rings (SSSR count). The Balaban J connectivity index is 2.46. The lowest BCUT2D eigenvalue weighted by Gasteiger charge is -2.12. The van der Waals surface area contributed by atoms with Crippen molar-refractivity contribution in [3.8, 4) is 0 Å². The van der Waals surface area contributed by atoms with Crippen molar-refractivity contribution < 1.29 is 8.42 Å². The lowest BCUT2D eigenvalue weighted by atomic mass is 10.1. The standard InChI is InChI=1S/C17H30N4O2S/c1-5-18-17(20-9-10-21-24(22,23)6-2)19-8-7-16-12-14(3)11-15(4)13-16/h11-13,21H,5-10H2,1-4H3,(H2,18,19,20). The van der Waals surface area contributed by atoms with Crippen molar-refractivity contribution in [3.63, 3.8) is 0 Å². The predicted molar refractivity (Wildman–Crippen MR) is 101 cm³/mol. The van der Waals surface area contributed by atoms with E-state index in [1.807, 2.05) is 6.92 Å². The van der Waals surface area contributed by atoms with Crippen molar-refractivity contribution in [2.45, 2.75) is 34.1 Å². The molecule has 24 heavy (non-hydrogen) atoms. The smallest absolute Gasteiger partial charge is 0.211 e. The Morgan fingerprint density at radius 2 is 1.71 bits per heavy atom. The van der Waals surface area contributed by atoms with Gasteiger partial charge < -0.3 is 10.6 Å². The van der Waals surface area contributed by atoms with E-state index >= 15 is 0 Å². The summed E-state index contributed by atoms with van der Waals surface area (Å²) in [7, 11) is -3.15. The Bertz CT molecular complexity index is 622. The van der Waals surface area contributed by atoms with Crippen LogP contribution in [-0.4, -0.2) is 46.3 Å². The number of rotatable bonds is 9. The van der Waals surface area contributed by atoms with Crippen LogP contribution in [0.1, 0.15) is 30.5 Å². The van der Waals surface area contributed by atoms with E-state index in [1.165, 1.54) is 16.7 Å². The number of nitrogens with one attached hydrogen (secondary N) is 3. The number of sulfonamides is 1. The Labute approximate surface area is 146 Å². The molecule has 7 heteroatoms. The number of guanidine groups is 1. The summed E-state index contributed by atoms with van der Waals surface area (Å²) in [5, 5.41) is 6.45. The van der Waals surface area contributed by atoms with Crippen molar-refractivity contribution >= 4 is 16.0 Å². The Morgan fingerprint density at radius 1 is 1.04 bits per heavy atom. The molecule has 0 saturated heterocycles. The van der Waals surface area contributed by atoms with Gasteiger partial charge in [-0.05, 0) is 39.7 Å². The molecular weight excluding hydrogens is 324 g/mol. The lowest BCUT2D eigenvalue weighted by Crippen LogP contribution is -2.39. The van der Waals surface area contributed by atoms with E-state index in [-0.39, 0.29) is 5.75 Å². The molecule has 0 heterocycles. The fraction of sp³-hybridized carbons (Fsp3) is 0.588. The summed E-state index contributed by atoms with van der Waals surface area (Å²) in [5.41, 5.74) is 3.84. The van der Waals surface area contributed by atoms with Gasteiger partial charge in [0.25, 0.3) is 0 Å². The maximum Gasteiger partial charge on any atom is 0.211 e. The SMILES string of the molecule is CCNC(=NCCNS(=O)(=O)CC)NCCc1cc(C)cc(C)c1. The van der Waals surface area contributed by atoms with Gasteiger partial charge in [-0.2, -0.15) is 0 Å². The van der Waals surface area contributed by atoms with Gasteiger partial charge in [-0.25, -0.2) is 13.1 Å². The molecule has 0 unspecified atom stereocenters. The maximum atomic E-state index is 11.4. The van der Waals surface area contributed by atoms with Gasteiger partial charge in [-0.15, -0.1) is 0 Å². The van der Waals surface area contributed by atoms with Crippen LogP contribution in [0, 0.1) is 13.8 Å². The van der Waals surface area contributed by atoms with Crippen molar-refractivity contribution in [1.29, 1.82) is 0 Å². The van der Waals surface area contributed by atoms with Gasteiger partial charge in [0.15, 0.2) is 5.96 Å². The fourth-order valence-electron chi connectivity index (χ4n) is 2.35. The summed E-state index contributed by atoms with van der Waals surface area (Å²) in [6.45, 7) is 10.1. The molecule has 1 aromatic rings. The molecule has 3 N–H and O–H groups in total. The Kier molecular flexibility index (Phi) is 8.78. The van der Waals surface area contributed by atoms with Gasteiger partial charge in [-0.1, -0.05) is 29.3 Å². The number of hydrogen-bond donors (Lipinski definition) is 3. The molecule has 0 aliphatic carbocycles. The highest BCUT2D eigenvalue weighted by Crippen LogP contribution is 2.08. The number of hydrogen-bond acceptors (Lipinski definition) is 3. The van der Waals surface area contributed by atoms with Crippen LogP contribution in [0.4, 0.5) is 0 Å². The topological polar surface area (TPSA) is 82.6 Å². The number of benzene rings is 1. The molecule has 1 aromatic carbocycles. The molecule has 136 valence electrons. The largest absolute Gasteiger partial charge is 0.357 e. The van der Waals surface area contributed by atoms with E-state index in [4.69, 9.17) is 0 Å². The monoisotopic (exact) mass is 354 g/mol. The first-order valence-corrected chi connectivity index (χ1v) is 10.1. The van der Waals surface area contributed by atoms with Gasteiger partial charge in [0, 0.05) is 19.6 Å². The van der Waals surface area contributed by atoms with Crippen LogP contribution in [0.2, 0.25) is 0 Å². The third kappa shape index (κ3) is 8.31. The average Bonchev–Trinajstić information content (AvgIpc) is 2.50. The second-order valence-electron chi connectivity index (χ2n) is 5.73. The van der Waals surface area contributed by atoms with E-state index in [9.17, 15) is 8.42 Å². The molecular formula is C17H30N4O2S. The van der Waals surface area contributed by atoms with Gasteiger partial charge in [0.2, 0.25) is 10.0 Å². The van der Waals surface area contributed by atoms with E-state index in [0.717, 1.165) is 19.5 Å². The second kappa shape index (κ2) is 10.3. The molecule has 0 radical (unpaired) electrons. The van der Waals surface area contributed by atoms with Crippen molar-refractivity contribution in [3.05, 3.63) is 34.9 Å². The first-order chi connectivity index (χ1) is 11.4. The summed E-state index contributed by atoms with van der Waals surface area (Å²) in [5.74, 6) is 0.794. The fourth-order valence-corrected chi connectivity index (χ4v) is 2.96. The van der Waals surface area contributed by atoms with Gasteiger partial charge in [0.05, 0.1) is 12.3 Å². The number of aliphatic imine (C=N–C) groups is 1. The molecule has 0 amide bonds. The third-order valence-corrected chi connectivity index (χ3v) is 4.82. The molecule has 0 aromatic heterocycles. The highest BCUT2D eigenvalue weighted by atomic mass is 32.2. The summed E-state index contributed by atoms with van der Waals surface area (Å²) < 4.78 is 25.2. The third-order valence-electron chi connectivity index (χ3n) is 3.42. The molecule has 6 nitrogen and oxygen atoms in total. The molecule has 0 aliphatic rings. The summed E-state index contributed by atoms with van der Waals surface area (Å²) >= 11 is 0.